The number of carbonyl (C=O) groups is 1. The fraction of sp³-hybridized carbons (Fsp3) is 0.136. The molecule has 0 aliphatic carbocycles. The van der Waals surface area contributed by atoms with Crippen molar-refractivity contribution in [2.75, 3.05) is 7.11 Å². The number of benzene rings is 2. The number of carbonyl (C=O) groups excluding carboxylic acids is 1. The first-order chi connectivity index (χ1) is 14.6. The lowest BCUT2D eigenvalue weighted by atomic mass is 10.2. The molecule has 1 N–H and O–H groups in total. The van der Waals surface area contributed by atoms with E-state index in [0.29, 0.717) is 22.6 Å². The lowest BCUT2D eigenvalue weighted by Gasteiger charge is -2.10. The fourth-order valence-electron chi connectivity index (χ4n) is 3.30. The fourth-order valence-corrected chi connectivity index (χ4v) is 3.30. The van der Waals surface area contributed by atoms with Crippen LogP contribution >= 0.6 is 0 Å². The number of ether oxygens (including phenoxy) is 1. The number of imidazole rings is 1. The highest BCUT2D eigenvalue weighted by Crippen LogP contribution is 2.18. The third-order valence-electron chi connectivity index (χ3n) is 4.75. The van der Waals surface area contributed by atoms with Crippen molar-refractivity contribution < 1.29 is 13.9 Å². The summed E-state index contributed by atoms with van der Waals surface area (Å²) in [6, 6.07) is 16.3. The molecule has 0 atom stereocenters. The smallest absolute Gasteiger partial charge is 0.335 e. The van der Waals surface area contributed by atoms with Gasteiger partial charge in [0.05, 0.1) is 18.3 Å². The Morgan fingerprint density at radius 2 is 1.87 bits per heavy atom. The Labute approximate surface area is 171 Å². The number of methoxy groups -OCH3 is 1. The van der Waals surface area contributed by atoms with E-state index in [-0.39, 0.29) is 19.0 Å². The normalized spacial score (nSPS) is 10.9. The average Bonchev–Trinajstić information content (AvgIpc) is 3.04. The second-order valence-corrected chi connectivity index (χ2v) is 6.62. The highest BCUT2D eigenvalue weighted by molar-refractivity contribution is 5.80. The molecule has 0 aliphatic rings. The van der Waals surface area contributed by atoms with Gasteiger partial charge in [0.15, 0.2) is 5.65 Å². The molecule has 0 saturated carbocycles. The lowest BCUT2D eigenvalue weighted by Crippen LogP contribution is -2.32. The van der Waals surface area contributed by atoms with E-state index in [0.717, 1.165) is 5.56 Å². The molecule has 2 aromatic heterocycles. The van der Waals surface area contributed by atoms with Crippen molar-refractivity contribution in [3.05, 3.63) is 88.7 Å². The van der Waals surface area contributed by atoms with E-state index in [2.05, 4.69) is 10.3 Å². The molecule has 0 radical (unpaired) electrons. The summed E-state index contributed by atoms with van der Waals surface area (Å²) in [6.07, 6.45) is 1.56. The third-order valence-corrected chi connectivity index (χ3v) is 4.75. The van der Waals surface area contributed by atoms with Gasteiger partial charge < -0.3 is 10.1 Å². The zero-order valence-electron chi connectivity index (χ0n) is 16.2. The van der Waals surface area contributed by atoms with Gasteiger partial charge in [-0.25, -0.2) is 18.7 Å². The molecule has 152 valence electrons. The maximum atomic E-state index is 13.3. The Hall–Kier alpha value is -3.94. The summed E-state index contributed by atoms with van der Waals surface area (Å²) < 4.78 is 21.3. The van der Waals surface area contributed by atoms with Crippen LogP contribution in [0.3, 0.4) is 0 Å². The maximum Gasteiger partial charge on any atom is 0.335 e. The van der Waals surface area contributed by atoms with Crippen LogP contribution in [0.2, 0.25) is 0 Å². The Balaban J connectivity index is 1.63. The average molecular weight is 406 g/mol. The molecule has 30 heavy (non-hydrogen) atoms. The first kappa shape index (κ1) is 19.4. The van der Waals surface area contributed by atoms with Crippen molar-refractivity contribution >= 4 is 17.1 Å². The van der Waals surface area contributed by atoms with Gasteiger partial charge in [0.25, 0.3) is 0 Å². The van der Waals surface area contributed by atoms with Gasteiger partial charge in [-0.05, 0) is 42.5 Å². The van der Waals surface area contributed by atoms with Crippen LogP contribution in [-0.2, 0) is 17.9 Å². The van der Waals surface area contributed by atoms with Crippen molar-refractivity contribution in [2.24, 2.45) is 0 Å². The van der Waals surface area contributed by atoms with Crippen molar-refractivity contribution in [1.82, 2.24) is 19.4 Å². The van der Waals surface area contributed by atoms with Crippen LogP contribution in [0.15, 0.2) is 71.7 Å². The number of hydrogen-bond donors (Lipinski definition) is 1. The maximum absolute atomic E-state index is 13.3. The van der Waals surface area contributed by atoms with Crippen LogP contribution in [0, 0.1) is 5.82 Å². The van der Waals surface area contributed by atoms with Gasteiger partial charge in [0, 0.05) is 18.3 Å². The molecular formula is C22H19FN4O3. The molecule has 2 aromatic carbocycles. The lowest BCUT2D eigenvalue weighted by molar-refractivity contribution is -0.121. The van der Waals surface area contributed by atoms with E-state index >= 15 is 0 Å². The summed E-state index contributed by atoms with van der Waals surface area (Å²) in [4.78, 5) is 29.9. The monoisotopic (exact) mass is 406 g/mol. The topological polar surface area (TPSA) is 78.1 Å². The number of nitrogens with one attached hydrogen (secondary N) is 1. The molecule has 0 fully saturated rings. The number of hydrogen-bond acceptors (Lipinski definition) is 4. The van der Waals surface area contributed by atoms with Crippen LogP contribution in [0.5, 0.6) is 5.75 Å². The molecule has 7 nitrogen and oxygen atoms in total. The number of halogens is 1. The zero-order chi connectivity index (χ0) is 21.1. The molecule has 8 heteroatoms. The first-order valence-electron chi connectivity index (χ1n) is 9.29. The Kier molecular flexibility index (Phi) is 5.30. The largest absolute Gasteiger partial charge is 0.496 e. The summed E-state index contributed by atoms with van der Waals surface area (Å²) in [5.74, 6) is -0.0590. The summed E-state index contributed by atoms with van der Waals surface area (Å²) in [6.45, 7) is 0.0941. The molecule has 0 aliphatic heterocycles. The van der Waals surface area contributed by atoms with Gasteiger partial charge in [-0.2, -0.15) is 0 Å². The van der Waals surface area contributed by atoms with Crippen LogP contribution in [0.4, 0.5) is 4.39 Å². The van der Waals surface area contributed by atoms with Crippen molar-refractivity contribution in [1.29, 1.82) is 0 Å². The minimum absolute atomic E-state index is 0.176. The zero-order valence-corrected chi connectivity index (χ0v) is 16.2. The van der Waals surface area contributed by atoms with Gasteiger partial charge in [0.2, 0.25) is 5.91 Å². The van der Waals surface area contributed by atoms with Crippen LogP contribution < -0.4 is 15.7 Å². The molecule has 2 heterocycles. The number of nitrogens with zero attached hydrogens (tertiary/aromatic N) is 3. The van der Waals surface area contributed by atoms with Gasteiger partial charge in [-0.15, -0.1) is 0 Å². The molecule has 4 rings (SSSR count). The van der Waals surface area contributed by atoms with Crippen molar-refractivity contribution in [2.45, 2.75) is 13.1 Å². The van der Waals surface area contributed by atoms with E-state index in [9.17, 15) is 14.0 Å². The highest BCUT2D eigenvalue weighted by Gasteiger charge is 2.17. The van der Waals surface area contributed by atoms with Gasteiger partial charge in [-0.3, -0.25) is 9.36 Å². The first-order valence-corrected chi connectivity index (χ1v) is 9.29. The standard InChI is InChI=1S/C22H19FN4O3/c1-30-19-7-3-2-5-15(19)13-25-20(28)14-26-18-6-4-12-24-21(18)27(22(26)29)17-10-8-16(23)9-11-17/h2-12H,13-14H2,1H3,(H,25,28). The Morgan fingerprint density at radius 3 is 2.63 bits per heavy atom. The Bertz CT molecular complexity index is 1260. The molecule has 1 amide bonds. The second kappa shape index (κ2) is 8.20. The van der Waals surface area contributed by atoms with Crippen LogP contribution in [-0.4, -0.2) is 27.1 Å². The van der Waals surface area contributed by atoms with E-state index in [1.807, 2.05) is 24.3 Å². The molecule has 0 unspecified atom stereocenters. The highest BCUT2D eigenvalue weighted by atomic mass is 19.1. The quantitative estimate of drug-likeness (QED) is 0.534. The number of aromatic nitrogens is 3. The van der Waals surface area contributed by atoms with E-state index < -0.39 is 11.5 Å². The predicted octanol–water partition coefficient (Wildman–Crippen LogP) is 2.65. The van der Waals surface area contributed by atoms with Crippen LogP contribution in [0.25, 0.3) is 16.9 Å². The van der Waals surface area contributed by atoms with E-state index in [1.54, 1.807) is 25.4 Å². The van der Waals surface area contributed by atoms with Crippen LogP contribution in [0.1, 0.15) is 5.56 Å². The number of para-hydroxylation sites is 1. The number of pyridine rings is 1. The molecule has 4 aromatic rings. The molecule has 0 spiro atoms. The van der Waals surface area contributed by atoms with Gasteiger partial charge >= 0.3 is 5.69 Å². The minimum atomic E-state index is -0.428. The second-order valence-electron chi connectivity index (χ2n) is 6.62. The molecule has 0 bridgehead atoms. The number of amides is 1. The third kappa shape index (κ3) is 3.67. The molecular weight excluding hydrogens is 387 g/mol. The minimum Gasteiger partial charge on any atom is -0.496 e. The summed E-state index contributed by atoms with van der Waals surface area (Å²) >= 11 is 0. The van der Waals surface area contributed by atoms with Gasteiger partial charge in [-0.1, -0.05) is 18.2 Å². The predicted molar refractivity (Wildman–Crippen MR) is 110 cm³/mol. The summed E-state index contributed by atoms with van der Waals surface area (Å²) in [5, 5.41) is 2.81. The SMILES string of the molecule is COc1ccccc1CNC(=O)Cn1c(=O)n(-c2ccc(F)cc2)c2ncccc21. The molecule has 0 saturated heterocycles. The van der Waals surface area contributed by atoms with Gasteiger partial charge in [0.1, 0.15) is 18.1 Å². The number of rotatable bonds is 6. The summed E-state index contributed by atoms with van der Waals surface area (Å²) in [5.41, 5.74) is 1.78. The van der Waals surface area contributed by atoms with Crippen molar-refractivity contribution in [3.63, 3.8) is 0 Å². The Morgan fingerprint density at radius 1 is 1.10 bits per heavy atom. The van der Waals surface area contributed by atoms with E-state index in [1.165, 1.54) is 33.4 Å². The summed E-state index contributed by atoms with van der Waals surface area (Å²) in [7, 11) is 1.57. The number of fused-ring (bicyclic) bond motifs is 1. The van der Waals surface area contributed by atoms with Crippen molar-refractivity contribution in [3.8, 4) is 11.4 Å². The van der Waals surface area contributed by atoms with E-state index in [4.69, 9.17) is 4.74 Å².